The van der Waals surface area contributed by atoms with Crippen molar-refractivity contribution < 1.29 is 14.7 Å². The first kappa shape index (κ1) is 15.1. The molecular weight excluding hydrogens is 272 g/mol. The fourth-order valence-electron chi connectivity index (χ4n) is 2.23. The SMILES string of the molecule is CC(C)=CCNC(=O)NC1(c2ncc(C(=O)O)[nH]2)CCC1. The van der Waals surface area contributed by atoms with E-state index in [1.807, 2.05) is 19.9 Å². The van der Waals surface area contributed by atoms with Gasteiger partial charge in [0, 0.05) is 6.54 Å². The van der Waals surface area contributed by atoms with Crippen LogP contribution in [0, 0.1) is 0 Å². The number of aromatic amines is 1. The Labute approximate surface area is 122 Å². The number of H-pyrrole nitrogens is 1. The fraction of sp³-hybridized carbons (Fsp3) is 0.500. The van der Waals surface area contributed by atoms with Gasteiger partial charge in [-0.05, 0) is 33.1 Å². The predicted molar refractivity (Wildman–Crippen MR) is 77.0 cm³/mol. The largest absolute Gasteiger partial charge is 0.477 e. The predicted octanol–water partition coefficient (Wildman–Crippen LogP) is 1.75. The van der Waals surface area contributed by atoms with Gasteiger partial charge in [-0.15, -0.1) is 0 Å². The highest BCUT2D eigenvalue weighted by atomic mass is 16.4. The van der Waals surface area contributed by atoms with Crippen LogP contribution in [-0.4, -0.2) is 33.6 Å². The summed E-state index contributed by atoms with van der Waals surface area (Å²) in [6.07, 6.45) is 5.66. The van der Waals surface area contributed by atoms with Crippen molar-refractivity contribution in [2.75, 3.05) is 6.54 Å². The Morgan fingerprint density at radius 2 is 2.19 bits per heavy atom. The summed E-state index contributed by atoms with van der Waals surface area (Å²) in [7, 11) is 0. The van der Waals surface area contributed by atoms with E-state index in [9.17, 15) is 9.59 Å². The third kappa shape index (κ3) is 3.42. The number of nitrogens with one attached hydrogen (secondary N) is 3. The monoisotopic (exact) mass is 292 g/mol. The second-order valence-corrected chi connectivity index (χ2v) is 5.50. The van der Waals surface area contributed by atoms with Gasteiger partial charge in [-0.1, -0.05) is 11.6 Å². The molecule has 0 bridgehead atoms. The summed E-state index contributed by atoms with van der Waals surface area (Å²) in [5, 5.41) is 14.6. The van der Waals surface area contributed by atoms with E-state index in [4.69, 9.17) is 5.11 Å². The minimum absolute atomic E-state index is 0.0306. The fourth-order valence-corrected chi connectivity index (χ4v) is 2.23. The van der Waals surface area contributed by atoms with Crippen LogP contribution in [-0.2, 0) is 5.54 Å². The molecule has 1 heterocycles. The van der Waals surface area contributed by atoms with E-state index >= 15 is 0 Å². The number of urea groups is 1. The molecule has 1 aliphatic carbocycles. The van der Waals surface area contributed by atoms with Crippen molar-refractivity contribution in [3.8, 4) is 0 Å². The first-order chi connectivity index (χ1) is 9.93. The number of carbonyl (C=O) groups is 2. The minimum atomic E-state index is -1.06. The highest BCUT2D eigenvalue weighted by molar-refractivity contribution is 5.85. The molecule has 7 heteroatoms. The zero-order valence-corrected chi connectivity index (χ0v) is 12.2. The molecule has 114 valence electrons. The van der Waals surface area contributed by atoms with Gasteiger partial charge in [0.15, 0.2) is 0 Å². The third-order valence-corrected chi connectivity index (χ3v) is 3.59. The topological polar surface area (TPSA) is 107 Å². The molecule has 0 atom stereocenters. The normalized spacial score (nSPS) is 15.7. The number of imidazole rings is 1. The average molecular weight is 292 g/mol. The standard InChI is InChI=1S/C14H20N4O3/c1-9(2)4-7-15-13(21)18-14(5-3-6-14)12-16-8-10(17-12)11(19)20/h4,8H,3,5-7H2,1-2H3,(H,16,17)(H,19,20)(H2,15,18,21). The molecule has 1 fully saturated rings. The van der Waals surface area contributed by atoms with Crippen LogP contribution in [0.25, 0.3) is 0 Å². The number of allylic oxidation sites excluding steroid dienone is 1. The highest BCUT2D eigenvalue weighted by Gasteiger charge is 2.42. The number of carbonyl (C=O) groups excluding carboxylic acids is 1. The number of rotatable bonds is 5. The molecule has 1 aromatic rings. The number of aromatic carboxylic acids is 1. The number of nitrogens with zero attached hydrogens (tertiary/aromatic N) is 1. The number of hydrogen-bond donors (Lipinski definition) is 4. The lowest BCUT2D eigenvalue weighted by Gasteiger charge is -2.40. The number of amides is 2. The molecule has 1 aliphatic rings. The summed E-state index contributed by atoms with van der Waals surface area (Å²) in [4.78, 5) is 29.7. The van der Waals surface area contributed by atoms with E-state index < -0.39 is 11.5 Å². The van der Waals surface area contributed by atoms with Crippen molar-refractivity contribution in [1.29, 1.82) is 0 Å². The lowest BCUT2D eigenvalue weighted by molar-refractivity contribution is 0.0690. The molecule has 0 saturated heterocycles. The molecular formula is C14H20N4O3. The minimum Gasteiger partial charge on any atom is -0.477 e. The van der Waals surface area contributed by atoms with Crippen LogP contribution in [0.15, 0.2) is 17.8 Å². The zero-order valence-electron chi connectivity index (χ0n) is 12.2. The molecule has 2 rings (SSSR count). The number of hydrogen-bond acceptors (Lipinski definition) is 3. The van der Waals surface area contributed by atoms with Crippen molar-refractivity contribution >= 4 is 12.0 Å². The summed E-state index contributed by atoms with van der Waals surface area (Å²) in [6, 6.07) is -0.277. The van der Waals surface area contributed by atoms with E-state index in [1.54, 1.807) is 0 Å². The summed E-state index contributed by atoms with van der Waals surface area (Å²) in [5.41, 5.74) is 0.580. The van der Waals surface area contributed by atoms with E-state index in [1.165, 1.54) is 6.20 Å². The Kier molecular flexibility index (Phi) is 4.30. The third-order valence-electron chi connectivity index (χ3n) is 3.59. The summed E-state index contributed by atoms with van der Waals surface area (Å²) in [5.74, 6) is -0.556. The Bertz CT molecular complexity index is 569. The van der Waals surface area contributed by atoms with E-state index in [2.05, 4.69) is 20.6 Å². The molecule has 21 heavy (non-hydrogen) atoms. The van der Waals surface area contributed by atoms with Gasteiger partial charge >= 0.3 is 12.0 Å². The molecule has 4 N–H and O–H groups in total. The Morgan fingerprint density at radius 3 is 2.67 bits per heavy atom. The Morgan fingerprint density at radius 1 is 1.48 bits per heavy atom. The molecule has 1 aromatic heterocycles. The van der Waals surface area contributed by atoms with Gasteiger partial charge in [-0.2, -0.15) is 0 Å². The summed E-state index contributed by atoms with van der Waals surface area (Å²) < 4.78 is 0. The highest BCUT2D eigenvalue weighted by Crippen LogP contribution is 2.39. The van der Waals surface area contributed by atoms with Gasteiger partial charge in [-0.25, -0.2) is 14.6 Å². The zero-order chi connectivity index (χ0) is 15.5. The second-order valence-electron chi connectivity index (χ2n) is 5.50. The first-order valence-electron chi connectivity index (χ1n) is 6.91. The van der Waals surface area contributed by atoms with Crippen LogP contribution in [0.3, 0.4) is 0 Å². The van der Waals surface area contributed by atoms with Gasteiger partial charge < -0.3 is 20.7 Å². The van der Waals surface area contributed by atoms with Crippen molar-refractivity contribution in [3.05, 3.63) is 29.4 Å². The molecule has 7 nitrogen and oxygen atoms in total. The van der Waals surface area contributed by atoms with Gasteiger partial charge in [0.2, 0.25) is 0 Å². The molecule has 0 unspecified atom stereocenters. The number of carboxylic acids is 1. The molecule has 0 aromatic carbocycles. The van der Waals surface area contributed by atoms with Crippen LogP contribution in [0.4, 0.5) is 4.79 Å². The molecule has 1 saturated carbocycles. The molecule has 0 aliphatic heterocycles. The lowest BCUT2D eigenvalue weighted by Crippen LogP contribution is -2.54. The van der Waals surface area contributed by atoms with Crippen LogP contribution >= 0.6 is 0 Å². The van der Waals surface area contributed by atoms with Crippen molar-refractivity contribution in [3.63, 3.8) is 0 Å². The van der Waals surface area contributed by atoms with Gasteiger partial charge in [0.25, 0.3) is 0 Å². The van der Waals surface area contributed by atoms with Gasteiger partial charge in [0.1, 0.15) is 11.5 Å². The van der Waals surface area contributed by atoms with Crippen molar-refractivity contribution in [1.82, 2.24) is 20.6 Å². The Hall–Kier alpha value is -2.31. The maximum absolute atomic E-state index is 11.9. The van der Waals surface area contributed by atoms with Crippen LogP contribution in [0.1, 0.15) is 49.4 Å². The quantitative estimate of drug-likeness (QED) is 0.620. The second kappa shape index (κ2) is 5.99. The van der Waals surface area contributed by atoms with Crippen LogP contribution < -0.4 is 10.6 Å². The van der Waals surface area contributed by atoms with Crippen molar-refractivity contribution in [2.45, 2.75) is 38.6 Å². The summed E-state index contributed by atoms with van der Waals surface area (Å²) >= 11 is 0. The maximum Gasteiger partial charge on any atom is 0.353 e. The Balaban J connectivity index is 2.02. The lowest BCUT2D eigenvalue weighted by atomic mass is 9.76. The van der Waals surface area contributed by atoms with E-state index in [0.717, 1.165) is 24.8 Å². The van der Waals surface area contributed by atoms with Crippen LogP contribution in [0.5, 0.6) is 0 Å². The van der Waals surface area contributed by atoms with Crippen molar-refractivity contribution in [2.24, 2.45) is 0 Å². The van der Waals surface area contributed by atoms with E-state index in [0.29, 0.717) is 12.4 Å². The molecule has 0 spiro atoms. The van der Waals surface area contributed by atoms with Gasteiger partial charge in [-0.3, -0.25) is 0 Å². The summed E-state index contributed by atoms with van der Waals surface area (Å²) in [6.45, 7) is 4.38. The average Bonchev–Trinajstić information content (AvgIpc) is 2.83. The van der Waals surface area contributed by atoms with Gasteiger partial charge in [0.05, 0.1) is 11.7 Å². The smallest absolute Gasteiger partial charge is 0.353 e. The van der Waals surface area contributed by atoms with Crippen LogP contribution in [0.2, 0.25) is 0 Å². The number of carboxylic acid groups (broad SMARTS) is 1. The number of aromatic nitrogens is 2. The maximum atomic E-state index is 11.9. The molecule has 2 amide bonds. The molecule has 0 radical (unpaired) electrons. The van der Waals surface area contributed by atoms with E-state index in [-0.39, 0.29) is 11.7 Å². The first-order valence-corrected chi connectivity index (χ1v) is 6.91.